The average Bonchev–Trinajstić information content (AvgIpc) is 3.54. The van der Waals surface area contributed by atoms with Crippen molar-refractivity contribution in [2.75, 3.05) is 51.4 Å². The summed E-state index contributed by atoms with van der Waals surface area (Å²) in [5.41, 5.74) is 2.88. The van der Waals surface area contributed by atoms with Gasteiger partial charge in [0.25, 0.3) is 0 Å². The van der Waals surface area contributed by atoms with Crippen LogP contribution in [0.4, 0.5) is 11.5 Å². The van der Waals surface area contributed by atoms with E-state index in [0.29, 0.717) is 17.3 Å². The summed E-state index contributed by atoms with van der Waals surface area (Å²) >= 11 is 1.90. The Bertz CT molecular complexity index is 1300. The summed E-state index contributed by atoms with van der Waals surface area (Å²) < 4.78 is 18.3. The maximum atomic E-state index is 6.49. The second-order valence-electron chi connectivity index (χ2n) is 9.47. The van der Waals surface area contributed by atoms with Crippen molar-refractivity contribution < 1.29 is 14.2 Å². The molecule has 2 saturated heterocycles. The van der Waals surface area contributed by atoms with E-state index in [-0.39, 0.29) is 12.2 Å². The molecule has 0 spiro atoms. The number of thioether (sulfide) groups is 1. The number of ether oxygens (including phenoxy) is 3. The SMILES string of the molecule is COc1cc2ncnc(Nc3cc(C4=CCCS4)ccc3OC3CCN(C)C3)c2cc1OC1CNC1. The van der Waals surface area contributed by atoms with Crippen LogP contribution in [0.1, 0.15) is 18.4 Å². The molecular weight excluding hydrogens is 474 g/mol. The van der Waals surface area contributed by atoms with Crippen molar-refractivity contribution in [2.45, 2.75) is 25.0 Å². The third-order valence-electron chi connectivity index (χ3n) is 6.82. The van der Waals surface area contributed by atoms with Gasteiger partial charge < -0.3 is 29.7 Å². The van der Waals surface area contributed by atoms with E-state index in [9.17, 15) is 0 Å². The second kappa shape index (κ2) is 10.2. The highest BCUT2D eigenvalue weighted by Gasteiger charge is 2.24. The molecule has 2 fully saturated rings. The molecule has 4 heterocycles. The third-order valence-corrected chi connectivity index (χ3v) is 7.98. The number of likely N-dealkylation sites (N-methyl/N-ethyl adjacent to an activating group) is 1. The van der Waals surface area contributed by atoms with E-state index in [0.717, 1.165) is 67.1 Å². The summed E-state index contributed by atoms with van der Waals surface area (Å²) in [5, 5.41) is 7.68. The number of nitrogens with zero attached hydrogens (tertiary/aromatic N) is 3. The Hall–Kier alpha value is -3.01. The molecule has 0 aliphatic carbocycles. The molecule has 3 aliphatic heterocycles. The van der Waals surface area contributed by atoms with E-state index in [1.54, 1.807) is 13.4 Å². The van der Waals surface area contributed by atoms with Crippen LogP contribution < -0.4 is 24.8 Å². The van der Waals surface area contributed by atoms with Crippen LogP contribution in [0.15, 0.2) is 42.7 Å². The quantitative estimate of drug-likeness (QED) is 0.466. The van der Waals surface area contributed by atoms with Crippen molar-refractivity contribution in [1.82, 2.24) is 20.2 Å². The minimum absolute atomic E-state index is 0.135. The molecule has 0 amide bonds. The van der Waals surface area contributed by atoms with E-state index in [2.05, 4.69) is 56.8 Å². The van der Waals surface area contributed by atoms with Crippen LogP contribution >= 0.6 is 11.8 Å². The van der Waals surface area contributed by atoms with Crippen LogP contribution in [0, 0.1) is 0 Å². The number of hydrogen-bond donors (Lipinski definition) is 2. The van der Waals surface area contributed by atoms with Gasteiger partial charge in [0.05, 0.1) is 18.3 Å². The van der Waals surface area contributed by atoms with Crippen LogP contribution in [-0.4, -0.2) is 73.2 Å². The lowest BCUT2D eigenvalue weighted by atomic mass is 10.1. The molecule has 0 radical (unpaired) electrons. The Balaban J connectivity index is 1.37. The maximum absolute atomic E-state index is 6.49. The standard InChI is InChI=1S/C27H31N5O3S/c1-32-8-7-18(15-32)34-23-6-5-17(26-4-3-9-36-26)10-22(23)31-27-20-11-25(35-19-13-28-14-19)24(33-2)12-21(20)29-16-30-27/h4-6,10-12,16,18-19,28H,3,7-9,13-15H2,1-2H3,(H,29,30,31). The highest BCUT2D eigenvalue weighted by Crippen LogP contribution is 2.40. The number of fused-ring (bicyclic) bond motifs is 1. The highest BCUT2D eigenvalue weighted by molar-refractivity contribution is 8.08. The van der Waals surface area contributed by atoms with Gasteiger partial charge in [0.1, 0.15) is 30.1 Å². The van der Waals surface area contributed by atoms with Gasteiger partial charge in [-0.2, -0.15) is 0 Å². The zero-order valence-electron chi connectivity index (χ0n) is 20.6. The molecule has 1 atom stereocenters. The largest absolute Gasteiger partial charge is 0.493 e. The minimum atomic E-state index is 0.135. The van der Waals surface area contributed by atoms with Gasteiger partial charge in [-0.1, -0.05) is 12.1 Å². The van der Waals surface area contributed by atoms with Gasteiger partial charge in [0.15, 0.2) is 11.5 Å². The number of rotatable bonds is 8. The maximum Gasteiger partial charge on any atom is 0.162 e. The first-order chi connectivity index (χ1) is 17.7. The predicted molar refractivity (Wildman–Crippen MR) is 145 cm³/mol. The number of benzene rings is 2. The molecular formula is C27H31N5O3S. The zero-order chi connectivity index (χ0) is 24.5. The number of likely N-dealkylation sites (tertiary alicyclic amines) is 1. The van der Waals surface area contributed by atoms with Gasteiger partial charge in [-0.25, -0.2) is 9.97 Å². The number of anilines is 2. The molecule has 36 heavy (non-hydrogen) atoms. The van der Waals surface area contributed by atoms with Crippen molar-refractivity contribution in [3.05, 3.63) is 48.3 Å². The Morgan fingerprint density at radius 1 is 1.06 bits per heavy atom. The zero-order valence-corrected chi connectivity index (χ0v) is 21.4. The summed E-state index contributed by atoms with van der Waals surface area (Å²) in [7, 11) is 3.79. The molecule has 2 N–H and O–H groups in total. The summed E-state index contributed by atoms with van der Waals surface area (Å²) in [4.78, 5) is 12.7. The van der Waals surface area contributed by atoms with Crippen molar-refractivity contribution in [2.24, 2.45) is 0 Å². The molecule has 3 aromatic rings. The molecule has 9 heteroatoms. The molecule has 1 aromatic heterocycles. The summed E-state index contributed by atoms with van der Waals surface area (Å²) in [6, 6.07) is 10.3. The lowest BCUT2D eigenvalue weighted by Crippen LogP contribution is -2.50. The molecule has 6 rings (SSSR count). The number of nitrogens with one attached hydrogen (secondary N) is 2. The van der Waals surface area contributed by atoms with Gasteiger partial charge in [0.2, 0.25) is 0 Å². The van der Waals surface area contributed by atoms with E-state index in [4.69, 9.17) is 14.2 Å². The Kier molecular flexibility index (Phi) is 6.60. The number of hydrogen-bond acceptors (Lipinski definition) is 9. The van der Waals surface area contributed by atoms with Crippen LogP contribution in [0.5, 0.6) is 17.2 Å². The first-order valence-corrected chi connectivity index (χ1v) is 13.4. The van der Waals surface area contributed by atoms with E-state index in [1.807, 2.05) is 23.9 Å². The first kappa shape index (κ1) is 23.4. The lowest BCUT2D eigenvalue weighted by Gasteiger charge is -2.28. The normalized spacial score (nSPS) is 20.3. The molecule has 8 nitrogen and oxygen atoms in total. The average molecular weight is 506 g/mol. The van der Waals surface area contributed by atoms with Crippen molar-refractivity contribution >= 4 is 39.1 Å². The summed E-state index contributed by atoms with van der Waals surface area (Å²) in [6.07, 6.45) is 6.31. The second-order valence-corrected chi connectivity index (χ2v) is 10.6. The lowest BCUT2D eigenvalue weighted by molar-refractivity contribution is 0.137. The van der Waals surface area contributed by atoms with Crippen molar-refractivity contribution in [3.8, 4) is 17.2 Å². The number of allylic oxidation sites excluding steroid dienone is 1. The van der Waals surface area contributed by atoms with Crippen LogP contribution in [0.3, 0.4) is 0 Å². The van der Waals surface area contributed by atoms with Gasteiger partial charge in [-0.15, -0.1) is 11.8 Å². The Morgan fingerprint density at radius 3 is 2.67 bits per heavy atom. The van der Waals surface area contributed by atoms with Crippen molar-refractivity contribution in [3.63, 3.8) is 0 Å². The van der Waals surface area contributed by atoms with Crippen LogP contribution in [-0.2, 0) is 0 Å². The van der Waals surface area contributed by atoms with Crippen LogP contribution in [0.2, 0.25) is 0 Å². The third kappa shape index (κ3) is 4.83. The highest BCUT2D eigenvalue weighted by atomic mass is 32.2. The van der Waals surface area contributed by atoms with Crippen molar-refractivity contribution in [1.29, 1.82) is 0 Å². The van der Waals surface area contributed by atoms with Gasteiger partial charge in [-0.05, 0) is 43.7 Å². The number of aromatic nitrogens is 2. The van der Waals surface area contributed by atoms with E-state index in [1.165, 1.54) is 10.5 Å². The monoisotopic (exact) mass is 505 g/mol. The fourth-order valence-electron chi connectivity index (χ4n) is 4.74. The molecule has 2 aromatic carbocycles. The molecule has 3 aliphatic rings. The molecule has 0 bridgehead atoms. The van der Waals surface area contributed by atoms with E-state index < -0.39 is 0 Å². The van der Waals surface area contributed by atoms with E-state index >= 15 is 0 Å². The smallest absolute Gasteiger partial charge is 0.162 e. The first-order valence-electron chi connectivity index (χ1n) is 12.5. The van der Waals surface area contributed by atoms with Gasteiger partial charge >= 0.3 is 0 Å². The van der Waals surface area contributed by atoms with Gasteiger partial charge in [0, 0.05) is 48.3 Å². The Morgan fingerprint density at radius 2 is 1.94 bits per heavy atom. The fraction of sp³-hybridized carbons (Fsp3) is 0.407. The molecule has 0 saturated carbocycles. The molecule has 1 unspecified atom stereocenters. The Labute approximate surface area is 215 Å². The number of methoxy groups -OCH3 is 1. The molecule has 188 valence electrons. The summed E-state index contributed by atoms with van der Waals surface area (Å²) in [5.74, 6) is 4.03. The predicted octanol–water partition coefficient (Wildman–Crippen LogP) is 4.29. The summed E-state index contributed by atoms with van der Waals surface area (Å²) in [6.45, 7) is 3.63. The topological polar surface area (TPSA) is 80.8 Å². The van der Waals surface area contributed by atoms with Crippen LogP contribution in [0.25, 0.3) is 15.8 Å². The van der Waals surface area contributed by atoms with Gasteiger partial charge in [-0.3, -0.25) is 0 Å². The minimum Gasteiger partial charge on any atom is -0.493 e. The fourth-order valence-corrected chi connectivity index (χ4v) is 5.73.